The number of rotatable bonds is 6. The Labute approximate surface area is 195 Å². The molecule has 0 radical (unpaired) electrons. The van der Waals surface area contributed by atoms with Gasteiger partial charge in [0, 0.05) is 31.9 Å². The maximum atomic E-state index is 12.0. The second kappa shape index (κ2) is 11.2. The molecule has 0 spiro atoms. The molecule has 0 aliphatic carbocycles. The van der Waals surface area contributed by atoms with E-state index in [4.69, 9.17) is 4.74 Å². The Morgan fingerprint density at radius 1 is 1.13 bits per heavy atom. The van der Waals surface area contributed by atoms with Crippen molar-refractivity contribution >= 4 is 36.0 Å². The average molecular weight is 528 g/mol. The van der Waals surface area contributed by atoms with E-state index in [1.54, 1.807) is 7.05 Å². The number of ether oxygens (including phenoxy) is 1. The van der Waals surface area contributed by atoms with Gasteiger partial charge in [0.2, 0.25) is 0 Å². The van der Waals surface area contributed by atoms with Crippen molar-refractivity contribution in [3.8, 4) is 5.69 Å². The quantitative estimate of drug-likeness (QED) is 0.304. The van der Waals surface area contributed by atoms with Gasteiger partial charge in [-0.25, -0.2) is 9.48 Å². The third kappa shape index (κ3) is 9.02. The van der Waals surface area contributed by atoms with Gasteiger partial charge in [0.05, 0.1) is 17.4 Å². The fraction of sp³-hybridized carbons (Fsp3) is 0.476. The lowest BCUT2D eigenvalue weighted by Crippen LogP contribution is -2.54. The second-order valence-corrected chi connectivity index (χ2v) is 8.42. The molecule has 1 heterocycles. The number of aliphatic imine (C=N–C) groups is 1. The largest absolute Gasteiger partial charge is 0.444 e. The SMILES string of the molecule is CN=C(NCc1cnn(-c2ccccc2)c1)NCC(C)(C)NC(=O)OC(C)(C)C.I. The van der Waals surface area contributed by atoms with Crippen LogP contribution < -0.4 is 16.0 Å². The molecule has 0 saturated carbocycles. The molecule has 0 bridgehead atoms. The van der Waals surface area contributed by atoms with E-state index in [9.17, 15) is 4.79 Å². The zero-order valence-electron chi connectivity index (χ0n) is 18.5. The normalized spacial score (nSPS) is 12.0. The second-order valence-electron chi connectivity index (χ2n) is 8.42. The highest BCUT2D eigenvalue weighted by molar-refractivity contribution is 14.0. The number of nitrogens with zero attached hydrogens (tertiary/aromatic N) is 3. The first kappa shape index (κ1) is 25.7. The molecule has 3 N–H and O–H groups in total. The van der Waals surface area contributed by atoms with Crippen LogP contribution >= 0.6 is 24.0 Å². The molecule has 0 aliphatic heterocycles. The standard InChI is InChI=1S/C21H32N6O2.HI/c1-20(2,3)29-19(28)26-21(4,5)15-24-18(22-6)23-12-16-13-25-27(14-16)17-10-8-7-9-11-17;/h7-11,13-14H,12,15H2,1-6H3,(H,26,28)(H2,22,23,24);1H. The summed E-state index contributed by atoms with van der Waals surface area (Å²) in [7, 11) is 1.71. The Morgan fingerprint density at radius 3 is 2.40 bits per heavy atom. The van der Waals surface area contributed by atoms with Crippen LogP contribution in [0.3, 0.4) is 0 Å². The number of hydrogen-bond acceptors (Lipinski definition) is 4. The number of guanidine groups is 1. The summed E-state index contributed by atoms with van der Waals surface area (Å²) >= 11 is 0. The van der Waals surface area contributed by atoms with Crippen LogP contribution in [-0.2, 0) is 11.3 Å². The molecule has 1 aromatic heterocycles. The van der Waals surface area contributed by atoms with Crippen molar-refractivity contribution in [2.45, 2.75) is 52.3 Å². The maximum absolute atomic E-state index is 12.0. The lowest BCUT2D eigenvalue weighted by Gasteiger charge is -2.29. The average Bonchev–Trinajstić information content (AvgIpc) is 3.09. The van der Waals surface area contributed by atoms with E-state index in [1.807, 2.05) is 82.0 Å². The first-order valence-electron chi connectivity index (χ1n) is 9.63. The van der Waals surface area contributed by atoms with Crippen LogP contribution in [0.1, 0.15) is 40.2 Å². The summed E-state index contributed by atoms with van der Waals surface area (Å²) in [5.41, 5.74) is 0.993. The predicted octanol–water partition coefficient (Wildman–Crippen LogP) is 3.46. The Bertz CT molecular complexity index is 828. The molecular formula is C21H33IN6O2. The number of carbonyl (C=O) groups excluding carboxylic acids is 1. The summed E-state index contributed by atoms with van der Waals surface area (Å²) in [6.45, 7) is 10.4. The highest BCUT2D eigenvalue weighted by atomic mass is 127. The molecule has 0 aliphatic rings. The molecule has 0 fully saturated rings. The molecule has 0 atom stereocenters. The number of carbonyl (C=O) groups is 1. The number of alkyl carbamates (subject to hydrolysis) is 1. The third-order valence-electron chi connectivity index (χ3n) is 3.88. The molecule has 166 valence electrons. The molecule has 30 heavy (non-hydrogen) atoms. The number of nitrogens with one attached hydrogen (secondary N) is 3. The summed E-state index contributed by atoms with van der Waals surface area (Å²) in [6.07, 6.45) is 3.35. The number of halogens is 1. The predicted molar refractivity (Wildman–Crippen MR) is 131 cm³/mol. The Morgan fingerprint density at radius 2 is 1.80 bits per heavy atom. The van der Waals surface area contributed by atoms with Crippen molar-refractivity contribution in [2.24, 2.45) is 4.99 Å². The third-order valence-corrected chi connectivity index (χ3v) is 3.88. The lowest BCUT2D eigenvalue weighted by molar-refractivity contribution is 0.0474. The van der Waals surface area contributed by atoms with Gasteiger partial charge in [-0.05, 0) is 46.8 Å². The number of amides is 1. The minimum atomic E-state index is -0.532. The van der Waals surface area contributed by atoms with Gasteiger partial charge in [0.25, 0.3) is 0 Å². The Hall–Kier alpha value is -2.30. The first-order chi connectivity index (χ1) is 13.6. The van der Waals surface area contributed by atoms with E-state index in [0.717, 1.165) is 11.3 Å². The van der Waals surface area contributed by atoms with Crippen molar-refractivity contribution < 1.29 is 9.53 Å². The maximum Gasteiger partial charge on any atom is 0.408 e. The molecule has 1 amide bonds. The van der Waals surface area contributed by atoms with E-state index in [0.29, 0.717) is 19.0 Å². The van der Waals surface area contributed by atoms with E-state index < -0.39 is 17.2 Å². The van der Waals surface area contributed by atoms with Crippen LogP contribution in [0.15, 0.2) is 47.7 Å². The van der Waals surface area contributed by atoms with Crippen molar-refractivity contribution in [1.29, 1.82) is 0 Å². The van der Waals surface area contributed by atoms with Gasteiger partial charge >= 0.3 is 6.09 Å². The number of benzene rings is 1. The minimum Gasteiger partial charge on any atom is -0.444 e. The highest BCUT2D eigenvalue weighted by Crippen LogP contribution is 2.09. The van der Waals surface area contributed by atoms with Crippen LogP contribution in [-0.4, -0.2) is 46.6 Å². The van der Waals surface area contributed by atoms with Crippen LogP contribution in [0.5, 0.6) is 0 Å². The van der Waals surface area contributed by atoms with Gasteiger partial charge in [-0.3, -0.25) is 4.99 Å². The topological polar surface area (TPSA) is 92.6 Å². The zero-order valence-corrected chi connectivity index (χ0v) is 20.9. The molecule has 2 aromatic rings. The molecule has 0 saturated heterocycles. The molecular weight excluding hydrogens is 495 g/mol. The van der Waals surface area contributed by atoms with Crippen LogP contribution in [0, 0.1) is 0 Å². The summed E-state index contributed by atoms with van der Waals surface area (Å²) in [4.78, 5) is 16.2. The lowest BCUT2D eigenvalue weighted by atomic mass is 10.1. The molecule has 0 unspecified atom stereocenters. The highest BCUT2D eigenvalue weighted by Gasteiger charge is 2.24. The number of hydrogen-bond donors (Lipinski definition) is 3. The van der Waals surface area contributed by atoms with Gasteiger partial charge in [-0.1, -0.05) is 18.2 Å². The zero-order chi connectivity index (χ0) is 21.5. The minimum absolute atomic E-state index is 0. The number of para-hydroxylation sites is 1. The van der Waals surface area contributed by atoms with E-state index in [-0.39, 0.29) is 24.0 Å². The van der Waals surface area contributed by atoms with Gasteiger partial charge in [0.1, 0.15) is 5.60 Å². The van der Waals surface area contributed by atoms with E-state index in [2.05, 4.69) is 26.0 Å². The summed E-state index contributed by atoms with van der Waals surface area (Å²) in [5, 5.41) is 13.7. The molecule has 8 nitrogen and oxygen atoms in total. The summed E-state index contributed by atoms with van der Waals surface area (Å²) in [6, 6.07) is 9.95. The van der Waals surface area contributed by atoms with Gasteiger partial charge in [-0.15, -0.1) is 24.0 Å². The summed E-state index contributed by atoms with van der Waals surface area (Å²) in [5.74, 6) is 0.636. The van der Waals surface area contributed by atoms with Gasteiger partial charge in [0.15, 0.2) is 5.96 Å². The van der Waals surface area contributed by atoms with E-state index >= 15 is 0 Å². The van der Waals surface area contributed by atoms with Crippen LogP contribution in [0.2, 0.25) is 0 Å². The molecule has 9 heteroatoms. The Balaban J connectivity index is 0.00000450. The summed E-state index contributed by atoms with van der Waals surface area (Å²) < 4.78 is 7.15. The molecule has 1 aromatic carbocycles. The van der Waals surface area contributed by atoms with Crippen LogP contribution in [0.25, 0.3) is 5.69 Å². The molecule has 2 rings (SSSR count). The monoisotopic (exact) mass is 528 g/mol. The van der Waals surface area contributed by atoms with Crippen molar-refractivity contribution in [3.05, 3.63) is 48.3 Å². The van der Waals surface area contributed by atoms with Gasteiger partial charge < -0.3 is 20.7 Å². The fourth-order valence-electron chi connectivity index (χ4n) is 2.51. The first-order valence-corrected chi connectivity index (χ1v) is 9.63. The fourth-order valence-corrected chi connectivity index (χ4v) is 2.51. The number of aromatic nitrogens is 2. The van der Waals surface area contributed by atoms with Crippen molar-refractivity contribution in [3.63, 3.8) is 0 Å². The van der Waals surface area contributed by atoms with Gasteiger partial charge in [-0.2, -0.15) is 5.10 Å². The van der Waals surface area contributed by atoms with Crippen molar-refractivity contribution in [2.75, 3.05) is 13.6 Å². The van der Waals surface area contributed by atoms with Crippen LogP contribution in [0.4, 0.5) is 4.79 Å². The van der Waals surface area contributed by atoms with E-state index in [1.165, 1.54) is 0 Å². The smallest absolute Gasteiger partial charge is 0.408 e. The van der Waals surface area contributed by atoms with Crippen molar-refractivity contribution in [1.82, 2.24) is 25.7 Å². The Kier molecular flexibility index (Phi) is 9.60.